The molecule has 0 amide bonds. The zero-order valence-corrected chi connectivity index (χ0v) is 42.7. The standard InChI is InChI=1S/C69H42GeN2O3/c1-70-63-53-31-18-32-54(63)72-56-40-52-48(46-28-15-17-30-50(46)69(52,43-23-10-4-11-24-43)44-25-12-5-13-26-44)38-62(56)75-60-36-34-58(65(70)67(60)72)73-57-33-35-59-66(64(57)70)71(53)55-39-51-47(37-61(55)74-59)45-27-14-16-29-49(45)68(51,41-19-6-2-7-20-41)42-21-8-3-9-22-42/h2-40H,1H3. The Labute approximate surface area is 436 Å². The number of anilines is 6. The van der Waals surface area contributed by atoms with Gasteiger partial charge in [-0.05, 0) is 0 Å². The molecule has 5 aliphatic heterocycles. The van der Waals surface area contributed by atoms with Crippen molar-refractivity contribution in [2.75, 3.05) is 9.80 Å². The second-order valence-electron chi connectivity index (χ2n) is 21.1. The molecule has 6 heteroatoms. The minimum atomic E-state index is -3.74. The average Bonchev–Trinajstić information content (AvgIpc) is 4.02. The first kappa shape index (κ1) is 40.4. The minimum absolute atomic E-state index is 0.586. The van der Waals surface area contributed by atoms with Crippen molar-refractivity contribution < 1.29 is 14.2 Å². The van der Waals surface area contributed by atoms with Crippen LogP contribution in [0, 0.1) is 0 Å². The van der Waals surface area contributed by atoms with Crippen molar-refractivity contribution in [1.29, 1.82) is 0 Å². The van der Waals surface area contributed by atoms with Gasteiger partial charge in [0.1, 0.15) is 0 Å². The molecule has 0 aromatic heterocycles. The van der Waals surface area contributed by atoms with Gasteiger partial charge in [0.05, 0.1) is 0 Å². The molecule has 5 nitrogen and oxygen atoms in total. The number of hydrogen-bond acceptors (Lipinski definition) is 5. The van der Waals surface area contributed by atoms with Crippen molar-refractivity contribution >= 4 is 60.6 Å². The molecule has 0 atom stereocenters. The Morgan fingerprint density at radius 2 is 0.653 bits per heavy atom. The van der Waals surface area contributed by atoms with Crippen molar-refractivity contribution in [1.82, 2.24) is 0 Å². The first-order valence-corrected chi connectivity index (χ1v) is 31.2. The molecule has 0 fully saturated rings. The molecule has 0 N–H and O–H groups in total. The predicted molar refractivity (Wildman–Crippen MR) is 301 cm³/mol. The second kappa shape index (κ2) is 14.0. The molecule has 11 aromatic carbocycles. The molecule has 0 saturated carbocycles. The Morgan fingerprint density at radius 1 is 0.293 bits per heavy atom. The van der Waals surface area contributed by atoms with E-state index in [9.17, 15) is 0 Å². The van der Waals surface area contributed by atoms with Crippen LogP contribution >= 0.6 is 0 Å². The first-order chi connectivity index (χ1) is 37.1. The molecule has 75 heavy (non-hydrogen) atoms. The number of benzene rings is 11. The van der Waals surface area contributed by atoms with Crippen LogP contribution < -0.4 is 37.2 Å². The van der Waals surface area contributed by atoms with Gasteiger partial charge in [-0.3, -0.25) is 0 Å². The molecule has 0 bridgehead atoms. The Hall–Kier alpha value is -9.04. The van der Waals surface area contributed by atoms with Gasteiger partial charge in [-0.15, -0.1) is 0 Å². The van der Waals surface area contributed by atoms with E-state index in [1.54, 1.807) is 0 Å². The van der Waals surface area contributed by atoms with E-state index in [0.29, 0.717) is 0 Å². The molecule has 0 radical (unpaired) electrons. The topological polar surface area (TPSA) is 34.2 Å². The molecule has 11 aromatic rings. The molecule has 18 rings (SSSR count). The van der Waals surface area contributed by atoms with Crippen molar-refractivity contribution in [3.05, 3.63) is 281 Å². The van der Waals surface area contributed by atoms with Crippen molar-refractivity contribution in [2.24, 2.45) is 0 Å². The molecule has 0 unspecified atom stereocenters. The van der Waals surface area contributed by atoms with E-state index in [1.807, 2.05) is 0 Å². The fraction of sp³-hybridized carbons (Fsp3) is 0.0435. The van der Waals surface area contributed by atoms with E-state index in [1.165, 1.54) is 91.3 Å². The summed E-state index contributed by atoms with van der Waals surface area (Å²) in [6.07, 6.45) is 0. The van der Waals surface area contributed by atoms with Crippen LogP contribution in [0.15, 0.2) is 237 Å². The van der Waals surface area contributed by atoms with E-state index < -0.39 is 24.1 Å². The zero-order valence-electron chi connectivity index (χ0n) is 40.6. The summed E-state index contributed by atoms with van der Waals surface area (Å²) in [6.45, 7) is 0. The maximum atomic E-state index is 7.29. The van der Waals surface area contributed by atoms with Gasteiger partial charge in [0.2, 0.25) is 0 Å². The molecule has 2 aliphatic carbocycles. The number of fused-ring (bicyclic) bond motifs is 12. The number of rotatable bonds is 4. The van der Waals surface area contributed by atoms with Crippen LogP contribution in [0.25, 0.3) is 22.3 Å². The van der Waals surface area contributed by atoms with Gasteiger partial charge in [-0.1, -0.05) is 0 Å². The summed E-state index contributed by atoms with van der Waals surface area (Å²) in [7, 11) is 0. The van der Waals surface area contributed by atoms with Gasteiger partial charge in [0.15, 0.2) is 0 Å². The predicted octanol–water partition coefficient (Wildman–Crippen LogP) is 15.4. The Bertz CT molecular complexity index is 4020. The van der Waals surface area contributed by atoms with Crippen LogP contribution in [0.4, 0.5) is 34.1 Å². The van der Waals surface area contributed by atoms with E-state index in [0.717, 1.165) is 57.2 Å². The number of nitrogens with zero attached hydrogens (tertiary/aromatic N) is 2. The molecule has 0 spiro atoms. The van der Waals surface area contributed by atoms with E-state index >= 15 is 0 Å². The van der Waals surface area contributed by atoms with E-state index in [-0.39, 0.29) is 0 Å². The van der Waals surface area contributed by atoms with Crippen molar-refractivity contribution in [3.63, 3.8) is 0 Å². The van der Waals surface area contributed by atoms with Gasteiger partial charge in [-0.2, -0.15) is 0 Å². The van der Waals surface area contributed by atoms with Crippen molar-refractivity contribution in [3.8, 4) is 56.8 Å². The molecule has 5 heterocycles. The van der Waals surface area contributed by atoms with Crippen LogP contribution in [0.2, 0.25) is 5.76 Å². The summed E-state index contributed by atoms with van der Waals surface area (Å²) in [5, 5.41) is 0. The zero-order chi connectivity index (χ0) is 48.9. The molecule has 0 saturated heterocycles. The summed E-state index contributed by atoms with van der Waals surface area (Å²) in [5.74, 6) is 7.78. The summed E-state index contributed by atoms with van der Waals surface area (Å²) >= 11 is -3.74. The Balaban J connectivity index is 0.918. The maximum absolute atomic E-state index is 7.29. The van der Waals surface area contributed by atoms with Crippen LogP contribution in [0.1, 0.15) is 44.5 Å². The summed E-state index contributed by atoms with van der Waals surface area (Å²) in [4.78, 5) is 5.09. The van der Waals surface area contributed by atoms with Crippen LogP contribution in [-0.2, 0) is 10.8 Å². The van der Waals surface area contributed by atoms with Gasteiger partial charge in [0, 0.05) is 0 Å². The third-order valence-electron chi connectivity index (χ3n) is 17.9. The fourth-order valence-corrected chi connectivity index (χ4v) is 25.3. The Morgan fingerprint density at radius 3 is 1.07 bits per heavy atom. The molecule has 350 valence electrons. The first-order valence-electron chi connectivity index (χ1n) is 26.0. The number of hydrogen-bond donors (Lipinski definition) is 0. The van der Waals surface area contributed by atoms with E-state index in [4.69, 9.17) is 14.2 Å². The van der Waals surface area contributed by atoms with Crippen LogP contribution in [0.3, 0.4) is 0 Å². The number of ether oxygens (including phenoxy) is 3. The molecule has 7 aliphatic rings. The van der Waals surface area contributed by atoms with Gasteiger partial charge in [-0.25, -0.2) is 0 Å². The van der Waals surface area contributed by atoms with Crippen LogP contribution in [-0.4, -0.2) is 13.3 Å². The SMILES string of the molecule is [CH3][Ge]12[c]3c4cccc3N3c5cc6c(cc5Oc5ccc([c]1c53)Oc1ccc3c([c]12)N4c1cc2c(cc1O3)-c1ccccc1C2(c1ccccc1)c1ccccc1)-c1ccccc1C6(c1ccccc1)c1ccccc1. The summed E-state index contributed by atoms with van der Waals surface area (Å²) in [6, 6.07) is 87.4. The quantitative estimate of drug-likeness (QED) is 0.164. The average molecular weight is 1020 g/mol. The van der Waals surface area contributed by atoms with E-state index in [2.05, 4.69) is 252 Å². The second-order valence-corrected chi connectivity index (χ2v) is 29.0. The monoisotopic (exact) mass is 1020 g/mol. The fourth-order valence-electron chi connectivity index (χ4n) is 15.2. The summed E-state index contributed by atoms with van der Waals surface area (Å²) in [5.41, 5.74) is 20.2. The van der Waals surface area contributed by atoms with Gasteiger partial charge in [0.25, 0.3) is 0 Å². The third kappa shape index (κ3) is 4.66. The Kier molecular flexibility index (Phi) is 7.53. The summed E-state index contributed by atoms with van der Waals surface area (Å²) < 4.78 is 25.8. The van der Waals surface area contributed by atoms with Crippen LogP contribution in [0.5, 0.6) is 34.5 Å². The van der Waals surface area contributed by atoms with Crippen molar-refractivity contribution in [2.45, 2.75) is 16.6 Å². The van der Waals surface area contributed by atoms with Gasteiger partial charge >= 0.3 is 439 Å². The molecular weight excluding hydrogens is 977 g/mol. The molecular formula is C69H42GeN2O3. The normalized spacial score (nSPS) is 16.1. The van der Waals surface area contributed by atoms with Gasteiger partial charge < -0.3 is 0 Å². The third-order valence-corrected chi connectivity index (χ3v) is 27.3.